The van der Waals surface area contributed by atoms with E-state index in [4.69, 9.17) is 5.73 Å². The van der Waals surface area contributed by atoms with Crippen molar-refractivity contribution in [3.8, 4) is 0 Å². The Kier molecular flexibility index (Phi) is 6.28. The van der Waals surface area contributed by atoms with Gasteiger partial charge < -0.3 is 15.8 Å². The zero-order valence-corrected chi connectivity index (χ0v) is 16.0. The van der Waals surface area contributed by atoms with E-state index in [0.29, 0.717) is 0 Å². The van der Waals surface area contributed by atoms with Crippen LogP contribution in [0.2, 0.25) is 0 Å². The van der Waals surface area contributed by atoms with Gasteiger partial charge in [-0.1, -0.05) is 0 Å². The summed E-state index contributed by atoms with van der Waals surface area (Å²) in [5, 5.41) is 2.30. The number of amidine groups is 1. The van der Waals surface area contributed by atoms with Gasteiger partial charge in [-0.05, 0) is 30.3 Å². The summed E-state index contributed by atoms with van der Waals surface area (Å²) in [7, 11) is 0. The number of carbonyl (C=O) groups is 1. The average molecular weight is 464 g/mol. The molecule has 2 aromatic rings. The topological polar surface area (TPSA) is 89.6 Å². The number of rotatable bonds is 5. The molecule has 2 atom stereocenters. The summed E-state index contributed by atoms with van der Waals surface area (Å²) in [5.41, 5.74) is 1.58. The lowest BCUT2D eigenvalue weighted by Crippen LogP contribution is -2.48. The molecule has 172 valence electrons. The molecule has 1 aromatic carbocycles. The number of nitrogens with one attached hydrogen (secondary N) is 1. The van der Waals surface area contributed by atoms with Gasteiger partial charge in [-0.15, -0.1) is 0 Å². The molecule has 1 amide bonds. The van der Waals surface area contributed by atoms with Crippen LogP contribution in [0, 0.1) is 5.82 Å². The second kappa shape index (κ2) is 8.63. The molecule has 3 N–H and O–H groups in total. The first kappa shape index (κ1) is 23.3. The molecule has 0 spiro atoms. The SMILES string of the molecule is NC1=NC(CF)(c2cc(NC(=O)c3ccc(C(F)F)cn3)ccc2F)CC(C(F)(F)F)O1. The van der Waals surface area contributed by atoms with Crippen molar-refractivity contribution in [3.63, 3.8) is 0 Å². The summed E-state index contributed by atoms with van der Waals surface area (Å²) in [4.78, 5) is 19.5. The van der Waals surface area contributed by atoms with Crippen molar-refractivity contribution in [1.29, 1.82) is 0 Å². The maximum atomic E-state index is 14.5. The Labute approximate surface area is 176 Å². The summed E-state index contributed by atoms with van der Waals surface area (Å²) >= 11 is 0. The third kappa shape index (κ3) is 4.75. The van der Waals surface area contributed by atoms with Crippen LogP contribution >= 0.6 is 0 Å². The number of anilines is 1. The summed E-state index contributed by atoms with van der Waals surface area (Å²) in [6.45, 7) is -1.53. The fourth-order valence-corrected chi connectivity index (χ4v) is 3.11. The van der Waals surface area contributed by atoms with Crippen molar-refractivity contribution in [2.75, 3.05) is 12.0 Å². The normalized spacial score (nSPS) is 21.1. The van der Waals surface area contributed by atoms with Crippen molar-refractivity contribution in [1.82, 2.24) is 4.98 Å². The minimum absolute atomic E-state index is 0.122. The quantitative estimate of drug-likeness (QED) is 0.648. The maximum Gasteiger partial charge on any atom is 0.425 e. The lowest BCUT2D eigenvalue weighted by molar-refractivity contribution is -0.209. The molecule has 0 saturated carbocycles. The first-order valence-corrected chi connectivity index (χ1v) is 8.95. The number of halogens is 7. The van der Waals surface area contributed by atoms with Crippen LogP contribution in [0.3, 0.4) is 0 Å². The van der Waals surface area contributed by atoms with E-state index in [2.05, 4.69) is 20.0 Å². The van der Waals surface area contributed by atoms with Gasteiger partial charge in [0.15, 0.2) is 6.10 Å². The van der Waals surface area contributed by atoms with Crippen LogP contribution in [0.15, 0.2) is 41.5 Å². The fraction of sp³-hybridized carbons (Fsp3) is 0.316. The van der Waals surface area contributed by atoms with Crippen LogP contribution in [-0.4, -0.2) is 35.9 Å². The Morgan fingerprint density at radius 2 is 2.00 bits per heavy atom. The van der Waals surface area contributed by atoms with Gasteiger partial charge in [0, 0.05) is 29.4 Å². The number of benzene rings is 1. The monoisotopic (exact) mass is 464 g/mol. The molecule has 6 nitrogen and oxygen atoms in total. The molecule has 0 bridgehead atoms. The highest BCUT2D eigenvalue weighted by Gasteiger charge is 2.52. The standard InChI is InChI=1S/C19H15F7N4O2/c20-8-18(6-14(19(24,25)26)32-17(27)30-18)11-5-10(2-3-12(11)21)29-16(31)13-4-1-9(7-28-13)15(22)23/h1-5,7,14-15H,6,8H2,(H2,27,30)(H,29,31). The van der Waals surface area contributed by atoms with Crippen molar-refractivity contribution >= 4 is 17.6 Å². The Hall–Kier alpha value is -3.38. The molecule has 2 unspecified atom stereocenters. The highest BCUT2D eigenvalue weighted by atomic mass is 19.4. The smallest absolute Gasteiger partial charge is 0.425 e. The van der Waals surface area contributed by atoms with E-state index in [1.165, 1.54) is 0 Å². The first-order chi connectivity index (χ1) is 14.9. The molecule has 2 heterocycles. The van der Waals surface area contributed by atoms with Gasteiger partial charge in [0.25, 0.3) is 18.4 Å². The summed E-state index contributed by atoms with van der Waals surface area (Å²) < 4.78 is 97.6. The number of amides is 1. The van der Waals surface area contributed by atoms with E-state index >= 15 is 0 Å². The van der Waals surface area contributed by atoms with Gasteiger partial charge in [-0.25, -0.2) is 22.6 Å². The number of nitrogens with zero attached hydrogens (tertiary/aromatic N) is 2. The van der Waals surface area contributed by atoms with Crippen molar-refractivity contribution in [2.24, 2.45) is 10.7 Å². The van der Waals surface area contributed by atoms with Crippen LogP contribution in [0.4, 0.5) is 36.4 Å². The number of alkyl halides is 6. The highest BCUT2D eigenvalue weighted by molar-refractivity contribution is 6.02. The number of carbonyl (C=O) groups excluding carboxylic acids is 1. The van der Waals surface area contributed by atoms with Gasteiger partial charge in [0.1, 0.15) is 23.7 Å². The summed E-state index contributed by atoms with van der Waals surface area (Å²) in [6.07, 6.45) is -10.5. The molecule has 0 aliphatic carbocycles. The van der Waals surface area contributed by atoms with Gasteiger partial charge in [0.2, 0.25) is 0 Å². The number of ether oxygens (including phenoxy) is 1. The zero-order valence-electron chi connectivity index (χ0n) is 16.0. The second-order valence-electron chi connectivity index (χ2n) is 6.89. The Morgan fingerprint density at radius 1 is 1.28 bits per heavy atom. The number of hydrogen-bond acceptors (Lipinski definition) is 5. The Balaban J connectivity index is 1.92. The molecule has 0 radical (unpaired) electrons. The molecule has 1 aliphatic heterocycles. The maximum absolute atomic E-state index is 14.5. The third-order valence-corrected chi connectivity index (χ3v) is 4.69. The van der Waals surface area contributed by atoms with Crippen molar-refractivity contribution in [3.05, 3.63) is 59.2 Å². The van der Waals surface area contributed by atoms with E-state index in [1.807, 2.05) is 0 Å². The second-order valence-corrected chi connectivity index (χ2v) is 6.89. The number of nitrogens with two attached hydrogens (primary N) is 1. The molecule has 1 aliphatic rings. The summed E-state index contributed by atoms with van der Waals surface area (Å²) in [5.74, 6) is -1.96. The van der Waals surface area contributed by atoms with E-state index in [1.54, 1.807) is 0 Å². The van der Waals surface area contributed by atoms with Gasteiger partial charge in [-0.3, -0.25) is 9.78 Å². The van der Waals surface area contributed by atoms with Gasteiger partial charge >= 0.3 is 6.18 Å². The fourth-order valence-electron chi connectivity index (χ4n) is 3.11. The largest absolute Gasteiger partial charge is 0.452 e. The Bertz CT molecular complexity index is 1030. The van der Waals surface area contributed by atoms with E-state index in [9.17, 15) is 35.5 Å². The van der Waals surface area contributed by atoms with Crippen LogP contribution in [-0.2, 0) is 10.3 Å². The molecule has 13 heteroatoms. The molecule has 0 fully saturated rings. The lowest BCUT2D eigenvalue weighted by Gasteiger charge is -2.36. The molecule has 0 saturated heterocycles. The number of hydrogen-bond donors (Lipinski definition) is 2. The minimum Gasteiger partial charge on any atom is -0.452 e. The predicted octanol–water partition coefficient (Wildman–Crippen LogP) is 4.24. The molecular weight excluding hydrogens is 449 g/mol. The number of aromatic nitrogens is 1. The minimum atomic E-state index is -4.92. The van der Waals surface area contributed by atoms with Crippen molar-refractivity contribution in [2.45, 2.75) is 30.7 Å². The Morgan fingerprint density at radius 3 is 2.56 bits per heavy atom. The molecule has 3 rings (SSSR count). The molecule has 1 aromatic heterocycles. The lowest BCUT2D eigenvalue weighted by atomic mass is 9.84. The van der Waals surface area contributed by atoms with E-state index < -0.39 is 66.2 Å². The van der Waals surface area contributed by atoms with Gasteiger partial charge in [0.05, 0.1) is 0 Å². The molecule has 32 heavy (non-hydrogen) atoms. The average Bonchev–Trinajstić information content (AvgIpc) is 2.74. The third-order valence-electron chi connectivity index (χ3n) is 4.69. The van der Waals surface area contributed by atoms with Crippen LogP contribution < -0.4 is 11.1 Å². The first-order valence-electron chi connectivity index (χ1n) is 8.95. The van der Waals surface area contributed by atoms with E-state index in [-0.39, 0.29) is 11.4 Å². The highest BCUT2D eigenvalue weighted by Crippen LogP contribution is 2.42. The predicted molar refractivity (Wildman–Crippen MR) is 98.4 cm³/mol. The van der Waals surface area contributed by atoms with Gasteiger partial charge in [-0.2, -0.15) is 13.2 Å². The summed E-state index contributed by atoms with van der Waals surface area (Å²) in [6, 6.07) is 3.84. The number of pyridine rings is 1. The van der Waals surface area contributed by atoms with Crippen molar-refractivity contribution < 1.29 is 40.3 Å². The van der Waals surface area contributed by atoms with Crippen LogP contribution in [0.25, 0.3) is 0 Å². The molecular formula is C19H15F7N4O2. The number of aliphatic imine (C=N–C) groups is 1. The van der Waals surface area contributed by atoms with E-state index in [0.717, 1.165) is 36.5 Å². The van der Waals surface area contributed by atoms with Crippen LogP contribution in [0.5, 0.6) is 0 Å². The van der Waals surface area contributed by atoms with Crippen LogP contribution in [0.1, 0.15) is 34.5 Å². The zero-order chi connectivity index (χ0) is 23.7.